The number of benzene rings is 2. The van der Waals surface area contributed by atoms with Gasteiger partial charge in [0.1, 0.15) is 5.60 Å². The van der Waals surface area contributed by atoms with E-state index < -0.39 is 5.60 Å². The molecule has 0 spiro atoms. The van der Waals surface area contributed by atoms with Gasteiger partial charge in [0.15, 0.2) is 0 Å². The molecule has 1 heteroatoms. The molecule has 4 rings (SSSR count). The zero-order valence-electron chi connectivity index (χ0n) is 12.1. The number of hydrogen-bond donors (Lipinski definition) is 1. The van der Waals surface area contributed by atoms with Crippen molar-refractivity contribution in [1.29, 1.82) is 0 Å². The molecule has 0 unspecified atom stereocenters. The van der Waals surface area contributed by atoms with Crippen molar-refractivity contribution in [2.75, 3.05) is 0 Å². The molecule has 106 valence electrons. The third-order valence-electron chi connectivity index (χ3n) is 5.39. The van der Waals surface area contributed by atoms with Gasteiger partial charge in [0.2, 0.25) is 0 Å². The lowest BCUT2D eigenvalue weighted by atomic mass is 9.58. The highest BCUT2D eigenvalue weighted by Gasteiger charge is 2.56. The maximum Gasteiger partial charge on any atom is 0.103 e. The standard InChI is InChI=1S/C20H20O/c21-20(18-9-5-2-6-10-18)14-12-16-11-13-19(20,15-16)17-7-3-1-4-8-17/h1-11,13,16,21H,12,14-15H2/t16-,19-,20-/m0/s1. The van der Waals surface area contributed by atoms with Gasteiger partial charge < -0.3 is 5.11 Å². The topological polar surface area (TPSA) is 20.2 Å². The highest BCUT2D eigenvalue weighted by molar-refractivity contribution is 5.45. The number of hydrogen-bond acceptors (Lipinski definition) is 1. The zero-order valence-corrected chi connectivity index (χ0v) is 12.1. The van der Waals surface area contributed by atoms with E-state index in [0.717, 1.165) is 24.8 Å². The molecule has 2 aromatic rings. The van der Waals surface area contributed by atoms with Gasteiger partial charge in [-0.15, -0.1) is 0 Å². The molecular formula is C20H20O. The van der Waals surface area contributed by atoms with E-state index in [4.69, 9.17) is 0 Å². The summed E-state index contributed by atoms with van der Waals surface area (Å²) in [6, 6.07) is 20.7. The summed E-state index contributed by atoms with van der Waals surface area (Å²) in [4.78, 5) is 0. The molecule has 1 nitrogen and oxygen atoms in total. The molecule has 2 aromatic carbocycles. The van der Waals surface area contributed by atoms with Crippen molar-refractivity contribution in [3.8, 4) is 0 Å². The van der Waals surface area contributed by atoms with Crippen LogP contribution in [0.5, 0.6) is 0 Å². The third-order valence-corrected chi connectivity index (χ3v) is 5.39. The van der Waals surface area contributed by atoms with Crippen molar-refractivity contribution in [3.63, 3.8) is 0 Å². The Morgan fingerprint density at radius 1 is 0.857 bits per heavy atom. The number of aliphatic hydroxyl groups is 1. The Balaban J connectivity index is 1.92. The number of rotatable bonds is 2. The SMILES string of the molecule is O[C@]1(c2ccccc2)CC[C@@H]2C=C[C@@]1(c1ccccc1)C2. The minimum absolute atomic E-state index is 0.279. The summed E-state index contributed by atoms with van der Waals surface area (Å²) in [5, 5.41) is 11.7. The predicted octanol–water partition coefficient (Wildman–Crippen LogP) is 4.18. The van der Waals surface area contributed by atoms with Crippen LogP contribution in [0.15, 0.2) is 72.8 Å². The van der Waals surface area contributed by atoms with Crippen LogP contribution in [0.4, 0.5) is 0 Å². The molecule has 1 saturated carbocycles. The van der Waals surface area contributed by atoms with Gasteiger partial charge in [-0.2, -0.15) is 0 Å². The molecule has 0 aromatic heterocycles. The molecule has 1 fully saturated rings. The summed E-state index contributed by atoms with van der Waals surface area (Å²) in [7, 11) is 0. The van der Waals surface area contributed by atoms with E-state index in [2.05, 4.69) is 48.6 Å². The average Bonchev–Trinajstić information content (AvgIpc) is 2.95. The van der Waals surface area contributed by atoms with Crippen LogP contribution in [0.3, 0.4) is 0 Å². The normalized spacial score (nSPS) is 34.0. The Morgan fingerprint density at radius 2 is 1.48 bits per heavy atom. The fourth-order valence-corrected chi connectivity index (χ4v) is 4.28. The van der Waals surface area contributed by atoms with Gasteiger partial charge in [-0.25, -0.2) is 0 Å². The molecule has 0 heterocycles. The Hall–Kier alpha value is -1.86. The highest BCUT2D eigenvalue weighted by atomic mass is 16.3. The lowest BCUT2D eigenvalue weighted by Crippen LogP contribution is -2.50. The molecule has 0 amide bonds. The third kappa shape index (κ3) is 1.74. The molecule has 0 aliphatic heterocycles. The molecule has 21 heavy (non-hydrogen) atoms. The molecule has 1 N–H and O–H groups in total. The van der Waals surface area contributed by atoms with Gasteiger partial charge in [0, 0.05) is 5.41 Å². The fourth-order valence-electron chi connectivity index (χ4n) is 4.28. The van der Waals surface area contributed by atoms with Crippen LogP contribution >= 0.6 is 0 Å². The van der Waals surface area contributed by atoms with Crippen molar-refractivity contribution >= 4 is 0 Å². The minimum Gasteiger partial charge on any atom is -0.384 e. The lowest BCUT2D eigenvalue weighted by Gasteiger charge is -2.49. The van der Waals surface area contributed by atoms with Crippen molar-refractivity contribution in [1.82, 2.24) is 0 Å². The molecule has 2 aliphatic rings. The summed E-state index contributed by atoms with van der Waals surface area (Å²) < 4.78 is 0. The van der Waals surface area contributed by atoms with Gasteiger partial charge in [0.25, 0.3) is 0 Å². The van der Waals surface area contributed by atoms with E-state index in [9.17, 15) is 5.11 Å². The minimum atomic E-state index is -0.806. The van der Waals surface area contributed by atoms with Gasteiger partial charge in [-0.05, 0) is 36.3 Å². The van der Waals surface area contributed by atoms with E-state index in [1.165, 1.54) is 5.56 Å². The Morgan fingerprint density at radius 3 is 2.14 bits per heavy atom. The summed E-state index contributed by atoms with van der Waals surface area (Å²) in [6.45, 7) is 0. The van der Waals surface area contributed by atoms with Gasteiger partial charge in [-0.1, -0.05) is 72.8 Å². The maximum absolute atomic E-state index is 11.7. The summed E-state index contributed by atoms with van der Waals surface area (Å²) >= 11 is 0. The van der Waals surface area contributed by atoms with Gasteiger partial charge in [-0.3, -0.25) is 0 Å². The van der Waals surface area contributed by atoms with Crippen LogP contribution in [-0.4, -0.2) is 5.11 Å². The average molecular weight is 276 g/mol. The van der Waals surface area contributed by atoms with Crippen LogP contribution < -0.4 is 0 Å². The van der Waals surface area contributed by atoms with E-state index in [1.807, 2.05) is 24.3 Å². The molecule has 0 saturated heterocycles. The molecule has 3 atom stereocenters. The first-order valence-electron chi connectivity index (χ1n) is 7.77. The Bertz CT molecular complexity index is 661. The molecule has 2 bridgehead atoms. The van der Waals surface area contributed by atoms with E-state index >= 15 is 0 Å². The summed E-state index contributed by atoms with van der Waals surface area (Å²) in [5.74, 6) is 0.606. The van der Waals surface area contributed by atoms with E-state index in [-0.39, 0.29) is 5.41 Å². The van der Waals surface area contributed by atoms with Crippen molar-refractivity contribution in [3.05, 3.63) is 83.9 Å². The maximum atomic E-state index is 11.7. The Kier molecular flexibility index (Phi) is 2.80. The first-order valence-corrected chi connectivity index (χ1v) is 7.77. The van der Waals surface area contributed by atoms with Crippen LogP contribution in [0, 0.1) is 5.92 Å². The monoisotopic (exact) mass is 276 g/mol. The molecular weight excluding hydrogens is 256 g/mol. The van der Waals surface area contributed by atoms with Gasteiger partial charge in [0.05, 0.1) is 0 Å². The first-order chi connectivity index (χ1) is 10.2. The number of fused-ring (bicyclic) bond motifs is 2. The zero-order chi connectivity index (χ0) is 14.3. The summed E-state index contributed by atoms with van der Waals surface area (Å²) in [5.41, 5.74) is 1.19. The largest absolute Gasteiger partial charge is 0.384 e. The molecule has 2 aliphatic carbocycles. The van der Waals surface area contributed by atoms with Crippen molar-refractivity contribution < 1.29 is 5.11 Å². The van der Waals surface area contributed by atoms with E-state index in [1.54, 1.807) is 0 Å². The molecule has 0 radical (unpaired) electrons. The summed E-state index contributed by atoms with van der Waals surface area (Å²) in [6.07, 6.45) is 7.49. The quantitative estimate of drug-likeness (QED) is 0.816. The van der Waals surface area contributed by atoms with Crippen LogP contribution in [0.25, 0.3) is 0 Å². The van der Waals surface area contributed by atoms with E-state index in [0.29, 0.717) is 5.92 Å². The highest BCUT2D eigenvalue weighted by Crippen LogP contribution is 2.58. The Labute approximate surface area is 126 Å². The second kappa shape index (κ2) is 4.57. The van der Waals surface area contributed by atoms with Crippen molar-refractivity contribution in [2.45, 2.75) is 30.3 Å². The van der Waals surface area contributed by atoms with Gasteiger partial charge >= 0.3 is 0 Å². The lowest BCUT2D eigenvalue weighted by molar-refractivity contribution is -0.0582. The first kappa shape index (κ1) is 12.8. The van der Waals surface area contributed by atoms with Crippen LogP contribution in [0.2, 0.25) is 0 Å². The fraction of sp³-hybridized carbons (Fsp3) is 0.300. The van der Waals surface area contributed by atoms with Crippen LogP contribution in [0.1, 0.15) is 30.4 Å². The smallest absolute Gasteiger partial charge is 0.103 e. The van der Waals surface area contributed by atoms with Crippen LogP contribution in [-0.2, 0) is 11.0 Å². The predicted molar refractivity (Wildman–Crippen MR) is 84.9 cm³/mol. The second-order valence-corrected chi connectivity index (χ2v) is 6.43. The number of allylic oxidation sites excluding steroid dienone is 1. The second-order valence-electron chi connectivity index (χ2n) is 6.43. The van der Waals surface area contributed by atoms with Crippen molar-refractivity contribution in [2.24, 2.45) is 5.92 Å².